The fourth-order valence-corrected chi connectivity index (χ4v) is 7.05. The number of rotatable bonds is 5. The SMILES string of the molecule is O=C(NC1CC1)c1c(NC(=O)[C@H]2C3CCC(CC3)[C@H]2C(=O)O)sc2c1CCCC2. The van der Waals surface area contributed by atoms with E-state index in [1.54, 1.807) is 0 Å². The fourth-order valence-electron chi connectivity index (χ4n) is 5.76. The van der Waals surface area contributed by atoms with Gasteiger partial charge in [-0.15, -0.1) is 11.3 Å². The van der Waals surface area contributed by atoms with Crippen LogP contribution in [0.15, 0.2) is 0 Å². The largest absolute Gasteiger partial charge is 0.481 e. The average molecular weight is 417 g/mol. The van der Waals surface area contributed by atoms with Crippen molar-refractivity contribution in [3.8, 4) is 0 Å². The zero-order chi connectivity index (χ0) is 20.1. The summed E-state index contributed by atoms with van der Waals surface area (Å²) in [6, 6.07) is 0.260. The Bertz CT molecular complexity index is 851. The number of fused-ring (bicyclic) bond motifs is 4. The number of carboxylic acid groups (broad SMARTS) is 1. The summed E-state index contributed by atoms with van der Waals surface area (Å²) in [5.41, 5.74) is 1.73. The van der Waals surface area contributed by atoms with Gasteiger partial charge in [0.1, 0.15) is 5.00 Å². The summed E-state index contributed by atoms with van der Waals surface area (Å²) >= 11 is 1.52. The number of thiophene rings is 1. The van der Waals surface area contributed by atoms with Crippen molar-refractivity contribution < 1.29 is 19.5 Å². The second kappa shape index (κ2) is 7.42. The molecule has 2 amide bonds. The van der Waals surface area contributed by atoms with Crippen LogP contribution in [0.3, 0.4) is 0 Å². The van der Waals surface area contributed by atoms with E-state index in [1.807, 2.05) is 0 Å². The minimum Gasteiger partial charge on any atom is -0.481 e. The van der Waals surface area contributed by atoms with Crippen molar-refractivity contribution in [3.63, 3.8) is 0 Å². The molecule has 2 atom stereocenters. The van der Waals surface area contributed by atoms with Gasteiger partial charge in [-0.05, 0) is 81.6 Å². The van der Waals surface area contributed by atoms with Crippen molar-refractivity contribution in [3.05, 3.63) is 16.0 Å². The molecule has 7 heteroatoms. The molecule has 1 heterocycles. The van der Waals surface area contributed by atoms with E-state index in [4.69, 9.17) is 0 Å². The van der Waals surface area contributed by atoms with Crippen LogP contribution in [0, 0.1) is 23.7 Å². The molecule has 0 spiro atoms. The van der Waals surface area contributed by atoms with Crippen molar-refractivity contribution in [2.24, 2.45) is 23.7 Å². The first kappa shape index (κ1) is 19.1. The van der Waals surface area contributed by atoms with Gasteiger partial charge in [0.05, 0.1) is 17.4 Å². The molecular weight excluding hydrogens is 388 g/mol. The highest BCUT2D eigenvalue weighted by atomic mass is 32.1. The average Bonchev–Trinajstić information content (AvgIpc) is 3.45. The van der Waals surface area contributed by atoms with Gasteiger partial charge in [-0.1, -0.05) is 0 Å². The molecule has 29 heavy (non-hydrogen) atoms. The van der Waals surface area contributed by atoms with Gasteiger partial charge in [0.15, 0.2) is 0 Å². The Morgan fingerprint density at radius 2 is 1.55 bits per heavy atom. The Morgan fingerprint density at radius 1 is 0.897 bits per heavy atom. The molecule has 0 radical (unpaired) electrons. The smallest absolute Gasteiger partial charge is 0.307 e. The number of nitrogens with one attached hydrogen (secondary N) is 2. The van der Waals surface area contributed by atoms with Crippen LogP contribution in [0.25, 0.3) is 0 Å². The van der Waals surface area contributed by atoms with E-state index in [0.29, 0.717) is 10.6 Å². The first-order valence-corrected chi connectivity index (χ1v) is 11.8. The molecule has 4 fully saturated rings. The van der Waals surface area contributed by atoms with Crippen LogP contribution in [0.4, 0.5) is 5.00 Å². The van der Waals surface area contributed by atoms with Gasteiger partial charge < -0.3 is 15.7 Å². The Hall–Kier alpha value is -1.89. The third-order valence-corrected chi connectivity index (χ3v) is 8.56. The molecular formula is C22H28N2O4S. The number of carbonyl (C=O) groups excluding carboxylic acids is 2. The molecule has 3 N–H and O–H groups in total. The lowest BCUT2D eigenvalue weighted by Gasteiger charge is -2.45. The summed E-state index contributed by atoms with van der Waals surface area (Å²) in [7, 11) is 0. The van der Waals surface area contributed by atoms with Gasteiger partial charge in [-0.25, -0.2) is 0 Å². The molecule has 1 aromatic rings. The van der Waals surface area contributed by atoms with Gasteiger partial charge in [0.25, 0.3) is 5.91 Å². The summed E-state index contributed by atoms with van der Waals surface area (Å²) in [6.07, 6.45) is 9.72. The van der Waals surface area contributed by atoms with Crippen LogP contribution in [0.2, 0.25) is 0 Å². The van der Waals surface area contributed by atoms with Gasteiger partial charge in [0.2, 0.25) is 5.91 Å². The maximum absolute atomic E-state index is 13.3. The second-order valence-corrected chi connectivity index (χ2v) is 10.3. The first-order chi connectivity index (χ1) is 14.0. The van der Waals surface area contributed by atoms with E-state index in [1.165, 1.54) is 16.2 Å². The quantitative estimate of drug-likeness (QED) is 0.683. The minimum absolute atomic E-state index is 0.0813. The summed E-state index contributed by atoms with van der Waals surface area (Å²) < 4.78 is 0. The normalized spacial score (nSPS) is 30.5. The van der Waals surface area contributed by atoms with Gasteiger partial charge in [-0.2, -0.15) is 0 Å². The van der Waals surface area contributed by atoms with Crippen LogP contribution < -0.4 is 10.6 Å². The van der Waals surface area contributed by atoms with Crippen LogP contribution in [0.5, 0.6) is 0 Å². The van der Waals surface area contributed by atoms with Crippen molar-refractivity contribution in [1.29, 1.82) is 0 Å². The number of amides is 2. The Morgan fingerprint density at radius 3 is 2.21 bits per heavy atom. The minimum atomic E-state index is -0.850. The van der Waals surface area contributed by atoms with E-state index >= 15 is 0 Å². The summed E-state index contributed by atoms with van der Waals surface area (Å²) in [5.74, 6) is -1.98. The van der Waals surface area contributed by atoms with E-state index < -0.39 is 17.8 Å². The monoisotopic (exact) mass is 416 g/mol. The lowest BCUT2D eigenvalue weighted by molar-refractivity contribution is -0.156. The zero-order valence-electron chi connectivity index (χ0n) is 16.5. The van der Waals surface area contributed by atoms with Gasteiger partial charge in [0, 0.05) is 10.9 Å². The van der Waals surface area contributed by atoms with E-state index in [-0.39, 0.29) is 29.7 Å². The van der Waals surface area contributed by atoms with Crippen molar-refractivity contribution >= 4 is 34.1 Å². The number of carboxylic acids is 1. The third-order valence-electron chi connectivity index (χ3n) is 7.35. The maximum atomic E-state index is 13.3. The van der Waals surface area contributed by atoms with Crippen LogP contribution in [-0.2, 0) is 22.4 Å². The number of carbonyl (C=O) groups is 3. The highest BCUT2D eigenvalue weighted by Crippen LogP contribution is 2.50. The molecule has 0 unspecified atom stereocenters. The van der Waals surface area contributed by atoms with Crippen molar-refractivity contribution in [1.82, 2.24) is 5.32 Å². The van der Waals surface area contributed by atoms with Crippen LogP contribution in [0.1, 0.15) is 72.2 Å². The van der Waals surface area contributed by atoms with Crippen LogP contribution >= 0.6 is 11.3 Å². The number of aliphatic carboxylic acids is 1. The lowest BCUT2D eigenvalue weighted by atomic mass is 9.58. The van der Waals surface area contributed by atoms with Crippen molar-refractivity contribution in [2.75, 3.05) is 5.32 Å². The molecule has 4 saturated carbocycles. The standard InChI is InChI=1S/C22H28N2O4S/c25-19(16-11-5-7-12(8-6-11)17(16)22(27)28)24-21-18(20(26)23-13-9-10-13)14-3-1-2-4-15(14)29-21/h11-13,16-17H,1-10H2,(H,23,26)(H,24,25)(H,27,28)/t11?,12?,16-,17+/m0/s1. The molecule has 5 aliphatic rings. The van der Waals surface area contributed by atoms with Crippen LogP contribution in [-0.4, -0.2) is 28.9 Å². The lowest BCUT2D eigenvalue weighted by Crippen LogP contribution is -2.49. The highest BCUT2D eigenvalue weighted by Gasteiger charge is 2.50. The first-order valence-electron chi connectivity index (χ1n) is 11.0. The maximum Gasteiger partial charge on any atom is 0.307 e. The molecule has 2 bridgehead atoms. The number of aryl methyl sites for hydroxylation is 1. The Kier molecular flexibility index (Phi) is 4.88. The Labute approximate surface area is 174 Å². The van der Waals surface area contributed by atoms with Gasteiger partial charge in [-0.3, -0.25) is 14.4 Å². The fraction of sp³-hybridized carbons (Fsp3) is 0.682. The summed E-state index contributed by atoms with van der Waals surface area (Å²) in [4.78, 5) is 39.4. The molecule has 0 aromatic carbocycles. The second-order valence-electron chi connectivity index (χ2n) is 9.22. The predicted molar refractivity (Wildman–Crippen MR) is 110 cm³/mol. The van der Waals surface area contributed by atoms with E-state index in [0.717, 1.165) is 69.8 Å². The van der Waals surface area contributed by atoms with Crippen molar-refractivity contribution in [2.45, 2.75) is 70.3 Å². The number of hydrogen-bond acceptors (Lipinski definition) is 4. The third kappa shape index (κ3) is 3.47. The van der Waals surface area contributed by atoms with E-state index in [9.17, 15) is 19.5 Å². The Balaban J connectivity index is 1.43. The topological polar surface area (TPSA) is 95.5 Å². The predicted octanol–water partition coefficient (Wildman–Crippen LogP) is 3.59. The molecule has 0 aliphatic heterocycles. The summed E-state index contributed by atoms with van der Waals surface area (Å²) in [6.45, 7) is 0. The number of hydrogen-bond donors (Lipinski definition) is 3. The molecule has 156 valence electrons. The summed E-state index contributed by atoms with van der Waals surface area (Å²) in [5, 5.41) is 16.5. The zero-order valence-corrected chi connectivity index (χ0v) is 17.4. The molecule has 6 nitrogen and oxygen atoms in total. The number of anilines is 1. The molecule has 6 rings (SSSR count). The molecule has 0 saturated heterocycles. The van der Waals surface area contributed by atoms with E-state index in [2.05, 4.69) is 10.6 Å². The highest BCUT2D eigenvalue weighted by molar-refractivity contribution is 7.17. The van der Waals surface area contributed by atoms with Gasteiger partial charge >= 0.3 is 5.97 Å². The molecule has 5 aliphatic carbocycles. The molecule has 1 aromatic heterocycles.